The molecule has 2 N–H and O–H groups in total. The number of benzene rings is 2. The Morgan fingerprint density at radius 3 is 2.18 bits per heavy atom. The van der Waals surface area contributed by atoms with Crippen LogP contribution in [0.5, 0.6) is 0 Å². The Morgan fingerprint density at radius 2 is 1.68 bits per heavy atom. The monoisotopic (exact) mass is 409 g/mol. The van der Waals surface area contributed by atoms with E-state index < -0.39 is 21.9 Å². The molecule has 0 bridgehead atoms. The molecule has 5 nitrogen and oxygen atoms in total. The Hall–Kier alpha value is -2.65. The molecule has 1 heterocycles. The number of rotatable bonds is 4. The average Bonchev–Trinajstić information content (AvgIpc) is 3.01. The van der Waals surface area contributed by atoms with Crippen LogP contribution in [-0.4, -0.2) is 18.2 Å². The van der Waals surface area contributed by atoms with Gasteiger partial charge < -0.3 is 0 Å². The normalized spacial score (nSPS) is 12.4. The molecule has 148 valence electrons. The minimum absolute atomic E-state index is 0.0307. The smallest absolute Gasteiger partial charge is 0.260 e. The van der Waals surface area contributed by atoms with E-state index in [9.17, 15) is 21.6 Å². The van der Waals surface area contributed by atoms with E-state index >= 15 is 0 Å². The Balaban J connectivity index is 2.33. The average molecular weight is 409 g/mol. The summed E-state index contributed by atoms with van der Waals surface area (Å²) in [5.74, 6) is 0. The third-order valence-electron chi connectivity index (χ3n) is 4.39. The summed E-state index contributed by atoms with van der Waals surface area (Å²) in [6.45, 7) is 3.34. The number of primary sulfonamides is 1. The molecule has 0 unspecified atom stereocenters. The van der Waals surface area contributed by atoms with Gasteiger partial charge in [-0.2, -0.15) is 18.3 Å². The lowest BCUT2D eigenvalue weighted by molar-refractivity contribution is -0.143. The molecule has 0 fully saturated rings. The van der Waals surface area contributed by atoms with Gasteiger partial charge in [0.15, 0.2) is 5.69 Å². The van der Waals surface area contributed by atoms with E-state index in [4.69, 9.17) is 5.14 Å². The summed E-state index contributed by atoms with van der Waals surface area (Å²) in [7, 11) is -3.91. The predicted octanol–water partition coefficient (Wildman–Crippen LogP) is 4.21. The van der Waals surface area contributed by atoms with Crippen LogP contribution in [0.2, 0.25) is 0 Å². The maximum atomic E-state index is 13.9. The molecule has 3 aromatic rings. The van der Waals surface area contributed by atoms with Gasteiger partial charge >= 0.3 is 6.18 Å². The highest BCUT2D eigenvalue weighted by Gasteiger charge is 2.40. The van der Waals surface area contributed by atoms with Gasteiger partial charge in [-0.15, -0.1) is 0 Å². The topological polar surface area (TPSA) is 78.0 Å². The summed E-state index contributed by atoms with van der Waals surface area (Å²) in [4.78, 5) is -0.125. The molecule has 0 aliphatic carbocycles. The van der Waals surface area contributed by atoms with Crippen molar-refractivity contribution in [2.24, 2.45) is 5.14 Å². The van der Waals surface area contributed by atoms with E-state index in [1.54, 1.807) is 38.1 Å². The van der Waals surface area contributed by atoms with Crippen molar-refractivity contribution < 1.29 is 21.6 Å². The van der Waals surface area contributed by atoms with Crippen molar-refractivity contribution in [2.75, 3.05) is 0 Å². The molecule has 0 saturated heterocycles. The first kappa shape index (κ1) is 20.1. The molecule has 0 saturated carbocycles. The number of aromatic nitrogens is 2. The summed E-state index contributed by atoms with van der Waals surface area (Å²) in [5.41, 5.74) is 0.713. The van der Waals surface area contributed by atoms with E-state index in [-0.39, 0.29) is 22.7 Å². The van der Waals surface area contributed by atoms with Crippen LogP contribution in [0.1, 0.15) is 18.2 Å². The van der Waals surface area contributed by atoms with Crippen molar-refractivity contribution in [3.63, 3.8) is 0 Å². The van der Waals surface area contributed by atoms with Gasteiger partial charge in [0, 0.05) is 17.7 Å². The van der Waals surface area contributed by atoms with Crippen LogP contribution >= 0.6 is 0 Å². The van der Waals surface area contributed by atoms with Crippen molar-refractivity contribution in [1.29, 1.82) is 0 Å². The molecule has 2 aromatic carbocycles. The number of sulfonamides is 1. The van der Waals surface area contributed by atoms with Gasteiger partial charge in [0.25, 0.3) is 0 Å². The second-order valence-corrected chi connectivity index (χ2v) is 7.83. The molecule has 3 rings (SSSR count). The van der Waals surface area contributed by atoms with E-state index in [1.807, 2.05) is 0 Å². The van der Waals surface area contributed by atoms with Gasteiger partial charge in [-0.25, -0.2) is 13.6 Å². The Labute approximate surface area is 160 Å². The van der Waals surface area contributed by atoms with Crippen molar-refractivity contribution in [2.45, 2.75) is 31.5 Å². The minimum atomic E-state index is -4.61. The second kappa shape index (κ2) is 7.06. The van der Waals surface area contributed by atoms with Crippen LogP contribution in [-0.2, 0) is 22.7 Å². The Kier molecular flexibility index (Phi) is 5.07. The van der Waals surface area contributed by atoms with E-state index in [0.29, 0.717) is 16.7 Å². The fourth-order valence-electron chi connectivity index (χ4n) is 3.09. The summed E-state index contributed by atoms with van der Waals surface area (Å²) in [6, 6.07) is 12.1. The molecule has 28 heavy (non-hydrogen) atoms. The van der Waals surface area contributed by atoms with Crippen molar-refractivity contribution in [3.8, 4) is 22.4 Å². The third kappa shape index (κ3) is 3.67. The zero-order valence-electron chi connectivity index (χ0n) is 15.2. The fourth-order valence-corrected chi connectivity index (χ4v) is 3.61. The SMILES string of the molecule is CCn1nc(-c2ccc(S(N)(=O)=O)cc2)c(-c2ccccc2C)c1C(F)(F)F. The van der Waals surface area contributed by atoms with Gasteiger partial charge in [0.1, 0.15) is 5.69 Å². The van der Waals surface area contributed by atoms with E-state index in [0.717, 1.165) is 4.68 Å². The molecule has 0 aliphatic heterocycles. The number of nitrogens with zero attached hydrogens (tertiary/aromatic N) is 2. The zero-order valence-corrected chi connectivity index (χ0v) is 16.0. The predicted molar refractivity (Wildman–Crippen MR) is 99.9 cm³/mol. The summed E-state index contributed by atoms with van der Waals surface area (Å²) in [5, 5.41) is 9.29. The van der Waals surface area contributed by atoms with Gasteiger partial charge in [-0.3, -0.25) is 4.68 Å². The van der Waals surface area contributed by atoms with Crippen molar-refractivity contribution in [3.05, 3.63) is 59.8 Å². The first-order valence-electron chi connectivity index (χ1n) is 8.41. The lowest BCUT2D eigenvalue weighted by Crippen LogP contribution is -2.15. The molecule has 0 amide bonds. The number of aryl methyl sites for hydroxylation is 2. The highest BCUT2D eigenvalue weighted by Crippen LogP contribution is 2.43. The first-order chi connectivity index (χ1) is 13.0. The molecule has 0 aliphatic rings. The maximum absolute atomic E-state index is 13.9. The Morgan fingerprint density at radius 1 is 1.07 bits per heavy atom. The van der Waals surface area contributed by atoms with Crippen molar-refractivity contribution in [1.82, 2.24) is 9.78 Å². The van der Waals surface area contributed by atoms with Gasteiger partial charge in [0.05, 0.1) is 4.90 Å². The van der Waals surface area contributed by atoms with Crippen LogP contribution < -0.4 is 5.14 Å². The van der Waals surface area contributed by atoms with Crippen molar-refractivity contribution >= 4 is 10.0 Å². The van der Waals surface area contributed by atoms with Gasteiger partial charge in [0.2, 0.25) is 10.0 Å². The van der Waals surface area contributed by atoms with Crippen LogP contribution in [0, 0.1) is 6.92 Å². The molecule has 9 heteroatoms. The largest absolute Gasteiger partial charge is 0.433 e. The summed E-state index contributed by atoms with van der Waals surface area (Å²) < 4.78 is 65.6. The van der Waals surface area contributed by atoms with E-state index in [1.165, 1.54) is 24.3 Å². The third-order valence-corrected chi connectivity index (χ3v) is 5.32. The molecular weight excluding hydrogens is 391 g/mol. The maximum Gasteiger partial charge on any atom is 0.433 e. The van der Waals surface area contributed by atoms with Gasteiger partial charge in [-0.05, 0) is 37.1 Å². The fraction of sp³-hybridized carbons (Fsp3) is 0.211. The van der Waals surface area contributed by atoms with Crippen LogP contribution in [0.25, 0.3) is 22.4 Å². The molecule has 0 radical (unpaired) electrons. The number of alkyl halides is 3. The lowest BCUT2D eigenvalue weighted by atomic mass is 9.95. The molecule has 0 spiro atoms. The first-order valence-corrected chi connectivity index (χ1v) is 9.96. The minimum Gasteiger partial charge on any atom is -0.260 e. The summed E-state index contributed by atoms with van der Waals surface area (Å²) >= 11 is 0. The highest BCUT2D eigenvalue weighted by molar-refractivity contribution is 7.89. The zero-order chi connectivity index (χ0) is 20.7. The molecular formula is C19H18F3N3O2S. The van der Waals surface area contributed by atoms with Crippen LogP contribution in [0.4, 0.5) is 13.2 Å². The number of nitrogens with two attached hydrogens (primary N) is 1. The second-order valence-electron chi connectivity index (χ2n) is 6.27. The number of hydrogen-bond acceptors (Lipinski definition) is 3. The van der Waals surface area contributed by atoms with Crippen LogP contribution in [0.3, 0.4) is 0 Å². The lowest BCUT2D eigenvalue weighted by Gasteiger charge is -2.13. The van der Waals surface area contributed by atoms with Crippen LogP contribution in [0.15, 0.2) is 53.4 Å². The summed E-state index contributed by atoms with van der Waals surface area (Å²) in [6.07, 6.45) is -4.61. The standard InChI is InChI=1S/C19H18F3N3O2S/c1-3-25-18(19(20,21)22)16(15-7-5-4-6-12(15)2)17(24-25)13-8-10-14(11-9-13)28(23,26)27/h4-11H,3H2,1-2H3,(H2,23,26,27). The quantitative estimate of drug-likeness (QED) is 0.701. The highest BCUT2D eigenvalue weighted by atomic mass is 32.2. The molecule has 0 atom stereocenters. The number of halogens is 3. The van der Waals surface area contributed by atoms with E-state index in [2.05, 4.69) is 5.10 Å². The van der Waals surface area contributed by atoms with Gasteiger partial charge in [-0.1, -0.05) is 36.4 Å². The molecule has 1 aromatic heterocycles. The number of hydrogen-bond donors (Lipinski definition) is 1. The Bertz CT molecular complexity index is 1120.